The van der Waals surface area contributed by atoms with Crippen LogP contribution in [-0.4, -0.2) is 27.5 Å². The Morgan fingerprint density at radius 1 is 1.73 bits per heavy atom. The lowest BCUT2D eigenvalue weighted by molar-refractivity contribution is -0.152. The molecule has 0 radical (unpaired) electrons. The van der Waals surface area contributed by atoms with Crippen LogP contribution in [0, 0.1) is 5.92 Å². The molecule has 0 spiro atoms. The average Bonchev–Trinajstić information content (AvgIpc) is 2.64. The predicted molar refractivity (Wildman–Crippen MR) is 52.3 cm³/mol. The molecule has 1 saturated heterocycles. The molecule has 1 aliphatic heterocycles. The summed E-state index contributed by atoms with van der Waals surface area (Å²) >= 11 is 0. The van der Waals surface area contributed by atoms with E-state index in [2.05, 4.69) is 5.10 Å². The molecule has 2 heterocycles. The number of carboxylic acid groups (broad SMARTS) is 1. The second-order valence-corrected chi connectivity index (χ2v) is 3.76. The van der Waals surface area contributed by atoms with Crippen molar-refractivity contribution in [2.24, 2.45) is 13.0 Å². The van der Waals surface area contributed by atoms with Gasteiger partial charge in [0.15, 0.2) is 0 Å². The third-order valence-electron chi connectivity index (χ3n) is 2.79. The Morgan fingerprint density at radius 3 is 3.13 bits per heavy atom. The molecule has 0 unspecified atom stereocenters. The Kier molecular flexibility index (Phi) is 2.73. The van der Waals surface area contributed by atoms with Gasteiger partial charge in [0, 0.05) is 19.9 Å². The molecule has 1 aliphatic rings. The molecule has 15 heavy (non-hydrogen) atoms. The second-order valence-electron chi connectivity index (χ2n) is 3.76. The summed E-state index contributed by atoms with van der Waals surface area (Å²) < 4.78 is 7.21. The van der Waals surface area contributed by atoms with Gasteiger partial charge in [-0.15, -0.1) is 0 Å². The zero-order valence-corrected chi connectivity index (χ0v) is 8.59. The highest BCUT2D eigenvalue weighted by atomic mass is 16.5. The van der Waals surface area contributed by atoms with Crippen molar-refractivity contribution in [3.8, 4) is 0 Å². The highest BCUT2D eigenvalue weighted by molar-refractivity contribution is 5.71. The van der Waals surface area contributed by atoms with Gasteiger partial charge in [-0.1, -0.05) is 0 Å². The van der Waals surface area contributed by atoms with Gasteiger partial charge in [-0.05, 0) is 18.9 Å². The quantitative estimate of drug-likeness (QED) is 0.790. The predicted octanol–water partition coefficient (Wildman–Crippen LogP) is 0.972. The molecule has 0 amide bonds. The van der Waals surface area contributed by atoms with Crippen LogP contribution < -0.4 is 0 Å². The molecule has 5 nitrogen and oxygen atoms in total. The van der Waals surface area contributed by atoms with E-state index in [1.807, 2.05) is 6.07 Å². The fourth-order valence-electron chi connectivity index (χ4n) is 1.99. The number of aliphatic carboxylic acids is 1. The first-order valence-corrected chi connectivity index (χ1v) is 5.02. The number of aryl methyl sites for hydroxylation is 1. The standard InChI is InChI=1S/C10H14N2O3/c1-12-8(4-5-11-12)9-7(10(13)14)3-2-6-15-9/h4-5,7,9H,2-3,6H2,1H3,(H,13,14)/t7-,9+/m0/s1. The maximum absolute atomic E-state index is 11.1. The summed E-state index contributed by atoms with van der Waals surface area (Å²) in [4.78, 5) is 11.1. The number of hydrogen-bond donors (Lipinski definition) is 1. The number of carboxylic acids is 1. The monoisotopic (exact) mass is 210 g/mol. The third kappa shape index (κ3) is 1.87. The topological polar surface area (TPSA) is 64.4 Å². The molecule has 0 saturated carbocycles. The van der Waals surface area contributed by atoms with Crippen LogP contribution in [0.2, 0.25) is 0 Å². The largest absolute Gasteiger partial charge is 0.481 e. The second kappa shape index (κ2) is 4.02. The van der Waals surface area contributed by atoms with E-state index in [-0.39, 0.29) is 6.10 Å². The maximum atomic E-state index is 11.1. The zero-order valence-electron chi connectivity index (χ0n) is 8.59. The number of nitrogens with zero attached hydrogens (tertiary/aromatic N) is 2. The van der Waals surface area contributed by atoms with Crippen molar-refractivity contribution in [2.75, 3.05) is 6.61 Å². The molecule has 1 aromatic heterocycles. The van der Waals surface area contributed by atoms with Crippen LogP contribution >= 0.6 is 0 Å². The number of ether oxygens (including phenoxy) is 1. The fourth-order valence-corrected chi connectivity index (χ4v) is 1.99. The number of rotatable bonds is 2. The minimum Gasteiger partial charge on any atom is -0.481 e. The van der Waals surface area contributed by atoms with Crippen LogP contribution in [-0.2, 0) is 16.6 Å². The van der Waals surface area contributed by atoms with Gasteiger partial charge in [0.2, 0.25) is 0 Å². The van der Waals surface area contributed by atoms with E-state index in [1.165, 1.54) is 0 Å². The van der Waals surface area contributed by atoms with Gasteiger partial charge in [0.1, 0.15) is 6.10 Å². The Morgan fingerprint density at radius 2 is 2.53 bits per heavy atom. The zero-order chi connectivity index (χ0) is 10.8. The van der Waals surface area contributed by atoms with E-state index < -0.39 is 11.9 Å². The molecule has 0 aromatic carbocycles. The van der Waals surface area contributed by atoms with E-state index in [0.29, 0.717) is 13.0 Å². The van der Waals surface area contributed by atoms with Gasteiger partial charge in [-0.2, -0.15) is 5.10 Å². The number of hydrogen-bond acceptors (Lipinski definition) is 3. The lowest BCUT2D eigenvalue weighted by atomic mass is 9.92. The Balaban J connectivity index is 2.25. The van der Waals surface area contributed by atoms with Gasteiger partial charge >= 0.3 is 5.97 Å². The molecule has 1 aromatic rings. The van der Waals surface area contributed by atoms with Gasteiger partial charge in [0.25, 0.3) is 0 Å². The van der Waals surface area contributed by atoms with Crippen molar-refractivity contribution in [1.29, 1.82) is 0 Å². The summed E-state index contributed by atoms with van der Waals surface area (Å²) in [6.07, 6.45) is 2.78. The van der Waals surface area contributed by atoms with Crippen LogP contribution in [0.4, 0.5) is 0 Å². The van der Waals surface area contributed by atoms with Crippen LogP contribution in [0.5, 0.6) is 0 Å². The highest BCUT2D eigenvalue weighted by Crippen LogP contribution is 2.33. The van der Waals surface area contributed by atoms with E-state index in [4.69, 9.17) is 9.84 Å². The van der Waals surface area contributed by atoms with Gasteiger partial charge in [-0.3, -0.25) is 9.48 Å². The molecular formula is C10H14N2O3. The first-order valence-electron chi connectivity index (χ1n) is 5.02. The summed E-state index contributed by atoms with van der Waals surface area (Å²) in [5.41, 5.74) is 0.835. The molecule has 5 heteroatoms. The number of carbonyl (C=O) groups is 1. The van der Waals surface area contributed by atoms with Crippen molar-refractivity contribution in [2.45, 2.75) is 18.9 Å². The summed E-state index contributed by atoms with van der Waals surface area (Å²) in [6, 6.07) is 1.81. The van der Waals surface area contributed by atoms with Gasteiger partial charge in [0.05, 0.1) is 11.6 Å². The van der Waals surface area contributed by atoms with Crippen LogP contribution in [0.25, 0.3) is 0 Å². The van der Waals surface area contributed by atoms with E-state index in [9.17, 15) is 4.79 Å². The van der Waals surface area contributed by atoms with Gasteiger partial charge in [-0.25, -0.2) is 0 Å². The highest BCUT2D eigenvalue weighted by Gasteiger charge is 2.34. The van der Waals surface area contributed by atoms with Crippen molar-refractivity contribution in [3.63, 3.8) is 0 Å². The molecule has 0 bridgehead atoms. The lowest BCUT2D eigenvalue weighted by Crippen LogP contribution is -2.30. The Labute approximate surface area is 87.7 Å². The van der Waals surface area contributed by atoms with Crippen LogP contribution in [0.3, 0.4) is 0 Å². The van der Waals surface area contributed by atoms with E-state index >= 15 is 0 Å². The first-order chi connectivity index (χ1) is 7.20. The Bertz CT molecular complexity index is 361. The van der Waals surface area contributed by atoms with E-state index in [0.717, 1.165) is 12.1 Å². The van der Waals surface area contributed by atoms with Crippen molar-refractivity contribution < 1.29 is 14.6 Å². The summed E-state index contributed by atoms with van der Waals surface area (Å²) in [6.45, 7) is 0.625. The SMILES string of the molecule is Cn1nccc1[C@@H]1OCCC[C@@H]1C(=O)O. The van der Waals surface area contributed by atoms with Gasteiger partial charge < -0.3 is 9.84 Å². The van der Waals surface area contributed by atoms with Crippen LogP contribution in [0.1, 0.15) is 24.6 Å². The minimum atomic E-state index is -0.791. The summed E-state index contributed by atoms with van der Waals surface area (Å²) in [5.74, 6) is -1.24. The Hall–Kier alpha value is -1.36. The third-order valence-corrected chi connectivity index (χ3v) is 2.79. The number of aromatic nitrogens is 2. The van der Waals surface area contributed by atoms with Crippen molar-refractivity contribution in [3.05, 3.63) is 18.0 Å². The van der Waals surface area contributed by atoms with Crippen molar-refractivity contribution >= 4 is 5.97 Å². The fraction of sp³-hybridized carbons (Fsp3) is 0.600. The normalized spacial score (nSPS) is 26.5. The smallest absolute Gasteiger partial charge is 0.309 e. The minimum absolute atomic E-state index is 0.358. The molecule has 82 valence electrons. The summed E-state index contributed by atoms with van der Waals surface area (Å²) in [7, 11) is 1.80. The maximum Gasteiger partial charge on any atom is 0.309 e. The molecular weight excluding hydrogens is 196 g/mol. The molecule has 0 aliphatic carbocycles. The molecule has 2 atom stereocenters. The van der Waals surface area contributed by atoms with E-state index in [1.54, 1.807) is 17.9 Å². The van der Waals surface area contributed by atoms with Crippen LogP contribution in [0.15, 0.2) is 12.3 Å². The average molecular weight is 210 g/mol. The first kappa shape index (κ1) is 10.2. The van der Waals surface area contributed by atoms with Crippen molar-refractivity contribution in [1.82, 2.24) is 9.78 Å². The lowest BCUT2D eigenvalue weighted by Gasteiger charge is -2.28. The summed E-state index contributed by atoms with van der Waals surface area (Å²) in [5, 5.41) is 13.1. The molecule has 2 rings (SSSR count). The molecule has 1 fully saturated rings. The molecule has 1 N–H and O–H groups in total.